The summed E-state index contributed by atoms with van der Waals surface area (Å²) in [5.41, 5.74) is 0.130. The van der Waals surface area contributed by atoms with E-state index >= 15 is 0 Å². The summed E-state index contributed by atoms with van der Waals surface area (Å²) >= 11 is 0. The van der Waals surface area contributed by atoms with E-state index in [1.54, 1.807) is 0 Å². The number of hydrogen-bond donors (Lipinski definition) is 1. The number of halogens is 2. The van der Waals surface area contributed by atoms with Gasteiger partial charge >= 0.3 is 0 Å². The van der Waals surface area contributed by atoms with Gasteiger partial charge in [0.15, 0.2) is 5.79 Å². The Morgan fingerprint density at radius 3 is 2.48 bits per heavy atom. The van der Waals surface area contributed by atoms with Gasteiger partial charge in [-0.15, -0.1) is 0 Å². The Labute approximate surface area is 122 Å². The molecule has 2 aliphatic rings. The SMILES string of the molecule is OC(CN1CCC2(CC1)OCCO2)c1ccc(F)cc1F. The zero-order chi connectivity index (χ0) is 14.9. The molecular weight excluding hydrogens is 280 g/mol. The highest BCUT2D eigenvalue weighted by molar-refractivity contribution is 5.21. The van der Waals surface area contributed by atoms with Crippen molar-refractivity contribution in [1.29, 1.82) is 0 Å². The van der Waals surface area contributed by atoms with Crippen molar-refractivity contribution in [3.8, 4) is 0 Å². The van der Waals surface area contributed by atoms with Crippen molar-refractivity contribution < 1.29 is 23.4 Å². The molecule has 1 unspecified atom stereocenters. The van der Waals surface area contributed by atoms with Crippen molar-refractivity contribution in [1.82, 2.24) is 4.90 Å². The number of rotatable bonds is 3. The number of ether oxygens (including phenoxy) is 2. The third-order valence-electron chi connectivity index (χ3n) is 4.18. The molecule has 0 amide bonds. The lowest BCUT2D eigenvalue weighted by molar-refractivity contribution is -0.186. The van der Waals surface area contributed by atoms with Crippen LogP contribution < -0.4 is 0 Å². The summed E-state index contributed by atoms with van der Waals surface area (Å²) in [4.78, 5) is 2.05. The van der Waals surface area contributed by atoms with Crippen LogP contribution in [0.1, 0.15) is 24.5 Å². The first-order chi connectivity index (χ1) is 10.1. The molecule has 4 nitrogen and oxygen atoms in total. The summed E-state index contributed by atoms with van der Waals surface area (Å²) in [7, 11) is 0. The van der Waals surface area contributed by atoms with Gasteiger partial charge < -0.3 is 19.5 Å². The zero-order valence-corrected chi connectivity index (χ0v) is 11.7. The first-order valence-electron chi connectivity index (χ1n) is 7.21. The van der Waals surface area contributed by atoms with Crippen molar-refractivity contribution in [2.24, 2.45) is 0 Å². The number of aliphatic hydroxyl groups is 1. The first-order valence-corrected chi connectivity index (χ1v) is 7.21. The molecule has 3 rings (SSSR count). The van der Waals surface area contributed by atoms with Crippen LogP contribution >= 0.6 is 0 Å². The molecule has 2 saturated heterocycles. The van der Waals surface area contributed by atoms with Crippen LogP contribution in [0.15, 0.2) is 18.2 Å². The van der Waals surface area contributed by atoms with Gasteiger partial charge in [0.05, 0.1) is 19.3 Å². The Morgan fingerprint density at radius 1 is 1.19 bits per heavy atom. The minimum atomic E-state index is -0.968. The van der Waals surface area contributed by atoms with Gasteiger partial charge in [-0.25, -0.2) is 8.78 Å². The highest BCUT2D eigenvalue weighted by Crippen LogP contribution is 2.32. The van der Waals surface area contributed by atoms with Crippen LogP contribution in [-0.4, -0.2) is 48.6 Å². The highest BCUT2D eigenvalue weighted by atomic mass is 19.1. The average Bonchev–Trinajstić information content (AvgIpc) is 2.90. The fourth-order valence-corrected chi connectivity index (χ4v) is 2.98. The predicted octanol–water partition coefficient (Wildman–Crippen LogP) is 1.84. The fourth-order valence-electron chi connectivity index (χ4n) is 2.98. The van der Waals surface area contributed by atoms with Crippen LogP contribution in [0.25, 0.3) is 0 Å². The Morgan fingerprint density at radius 2 is 1.86 bits per heavy atom. The van der Waals surface area contributed by atoms with E-state index in [-0.39, 0.29) is 5.56 Å². The van der Waals surface area contributed by atoms with Gasteiger partial charge in [0, 0.05) is 44.1 Å². The van der Waals surface area contributed by atoms with Gasteiger partial charge in [0.1, 0.15) is 11.6 Å². The first kappa shape index (κ1) is 14.8. The minimum Gasteiger partial charge on any atom is -0.387 e. The summed E-state index contributed by atoms with van der Waals surface area (Å²) < 4.78 is 37.8. The summed E-state index contributed by atoms with van der Waals surface area (Å²) in [6.45, 7) is 3.02. The molecule has 1 aromatic rings. The number of aliphatic hydroxyl groups excluding tert-OH is 1. The molecular formula is C15H19F2NO3. The van der Waals surface area contributed by atoms with E-state index in [4.69, 9.17) is 9.47 Å². The molecule has 2 aliphatic heterocycles. The van der Waals surface area contributed by atoms with E-state index in [9.17, 15) is 13.9 Å². The topological polar surface area (TPSA) is 41.9 Å². The Kier molecular flexibility index (Phi) is 4.21. The molecule has 1 aromatic carbocycles. The number of benzene rings is 1. The van der Waals surface area contributed by atoms with Crippen LogP contribution in [0.2, 0.25) is 0 Å². The van der Waals surface area contributed by atoms with Gasteiger partial charge in [0.2, 0.25) is 0 Å². The van der Waals surface area contributed by atoms with Crippen LogP contribution in [0.3, 0.4) is 0 Å². The monoisotopic (exact) mass is 299 g/mol. The second-order valence-corrected chi connectivity index (χ2v) is 5.59. The number of likely N-dealkylation sites (tertiary alicyclic amines) is 1. The number of β-amino-alcohol motifs (C(OH)–C–C–N with tert-alkyl or cyclic N) is 1. The van der Waals surface area contributed by atoms with Crippen LogP contribution in [0.4, 0.5) is 8.78 Å². The Bertz CT molecular complexity index is 496. The minimum absolute atomic E-state index is 0.130. The largest absolute Gasteiger partial charge is 0.387 e. The van der Waals surface area contributed by atoms with Crippen molar-refractivity contribution in [2.75, 3.05) is 32.8 Å². The van der Waals surface area contributed by atoms with Gasteiger partial charge in [-0.1, -0.05) is 6.07 Å². The van der Waals surface area contributed by atoms with Crippen molar-refractivity contribution in [3.05, 3.63) is 35.4 Å². The molecule has 1 atom stereocenters. The standard InChI is InChI=1S/C15H19F2NO3/c16-11-1-2-12(13(17)9-11)14(19)10-18-5-3-15(4-6-18)20-7-8-21-15/h1-2,9,14,19H,3-8,10H2. The number of piperidine rings is 1. The lowest BCUT2D eigenvalue weighted by Gasteiger charge is -2.38. The maximum Gasteiger partial charge on any atom is 0.170 e. The molecule has 1 N–H and O–H groups in total. The van der Waals surface area contributed by atoms with E-state index < -0.39 is 23.5 Å². The zero-order valence-electron chi connectivity index (χ0n) is 11.7. The Balaban J connectivity index is 1.57. The molecule has 6 heteroatoms. The lowest BCUT2D eigenvalue weighted by atomic mass is 10.0. The van der Waals surface area contributed by atoms with Crippen LogP contribution in [0.5, 0.6) is 0 Å². The normalized spacial score (nSPS) is 23.6. The third-order valence-corrected chi connectivity index (χ3v) is 4.18. The van der Waals surface area contributed by atoms with Crippen LogP contribution in [-0.2, 0) is 9.47 Å². The molecule has 0 aliphatic carbocycles. The summed E-state index contributed by atoms with van der Waals surface area (Å²) in [6, 6.07) is 3.25. The van der Waals surface area contributed by atoms with Crippen molar-refractivity contribution in [2.45, 2.75) is 24.7 Å². The molecule has 0 saturated carbocycles. The molecule has 21 heavy (non-hydrogen) atoms. The predicted molar refractivity (Wildman–Crippen MR) is 71.6 cm³/mol. The number of nitrogens with zero attached hydrogens (tertiary/aromatic N) is 1. The molecule has 0 radical (unpaired) electrons. The summed E-state index contributed by atoms with van der Waals surface area (Å²) in [5.74, 6) is -1.81. The van der Waals surface area contributed by atoms with Gasteiger partial charge in [-0.2, -0.15) is 0 Å². The smallest absolute Gasteiger partial charge is 0.170 e. The van der Waals surface area contributed by atoms with Gasteiger partial charge in [-0.3, -0.25) is 0 Å². The van der Waals surface area contributed by atoms with Crippen molar-refractivity contribution in [3.63, 3.8) is 0 Å². The number of hydrogen-bond acceptors (Lipinski definition) is 4. The molecule has 0 aromatic heterocycles. The summed E-state index contributed by atoms with van der Waals surface area (Å²) in [6.07, 6.45) is 0.516. The molecule has 116 valence electrons. The maximum atomic E-state index is 13.6. The summed E-state index contributed by atoms with van der Waals surface area (Å²) in [5, 5.41) is 10.1. The van der Waals surface area contributed by atoms with Gasteiger partial charge in [0.25, 0.3) is 0 Å². The lowest BCUT2D eigenvalue weighted by Crippen LogP contribution is -2.46. The third kappa shape index (κ3) is 3.23. The van der Waals surface area contributed by atoms with E-state index in [1.807, 2.05) is 4.90 Å². The molecule has 2 fully saturated rings. The molecule has 1 spiro atoms. The van der Waals surface area contributed by atoms with E-state index in [0.717, 1.165) is 38.1 Å². The fraction of sp³-hybridized carbons (Fsp3) is 0.600. The quantitative estimate of drug-likeness (QED) is 0.925. The maximum absolute atomic E-state index is 13.6. The van der Waals surface area contributed by atoms with E-state index in [2.05, 4.69) is 0 Å². The molecule has 0 bridgehead atoms. The van der Waals surface area contributed by atoms with E-state index in [1.165, 1.54) is 6.07 Å². The van der Waals surface area contributed by atoms with E-state index in [0.29, 0.717) is 19.8 Å². The highest BCUT2D eigenvalue weighted by Gasteiger charge is 2.40. The second kappa shape index (κ2) is 5.96. The van der Waals surface area contributed by atoms with Gasteiger partial charge in [-0.05, 0) is 6.07 Å². The Hall–Kier alpha value is -1.08. The van der Waals surface area contributed by atoms with Crippen LogP contribution in [0, 0.1) is 11.6 Å². The van der Waals surface area contributed by atoms with Crippen molar-refractivity contribution >= 4 is 0 Å². The second-order valence-electron chi connectivity index (χ2n) is 5.59. The average molecular weight is 299 g/mol. The molecule has 2 heterocycles.